The van der Waals surface area contributed by atoms with E-state index in [1.165, 1.54) is 0 Å². The van der Waals surface area contributed by atoms with E-state index < -0.39 is 0 Å². The summed E-state index contributed by atoms with van der Waals surface area (Å²) in [6.07, 6.45) is 3.55. The Morgan fingerprint density at radius 1 is 1.53 bits per heavy atom. The molecule has 0 fully saturated rings. The monoisotopic (exact) mass is 370 g/mol. The first kappa shape index (κ1) is 13.9. The average Bonchev–Trinajstić information content (AvgIpc) is 2.79. The number of anilines is 2. The second-order valence-corrected chi connectivity index (χ2v) is 5.62. The molecule has 5 nitrogen and oxygen atoms in total. The van der Waals surface area contributed by atoms with E-state index in [-0.39, 0.29) is 11.9 Å². The molecular weight excluding hydrogens is 355 g/mol. The highest BCUT2D eigenvalue weighted by Gasteiger charge is 2.16. The van der Waals surface area contributed by atoms with Gasteiger partial charge in [0.05, 0.1) is 9.77 Å². The summed E-state index contributed by atoms with van der Waals surface area (Å²) in [5.41, 5.74) is 8.06. The number of amides is 1. The minimum Gasteiger partial charge on any atom is -0.399 e. The molecule has 0 aliphatic rings. The van der Waals surface area contributed by atoms with Crippen LogP contribution in [0.4, 0.5) is 11.4 Å². The third kappa shape index (κ3) is 3.25. The zero-order chi connectivity index (χ0) is 14.0. The summed E-state index contributed by atoms with van der Waals surface area (Å²) < 4.78 is 2.64. The van der Waals surface area contributed by atoms with Gasteiger partial charge >= 0.3 is 0 Å². The summed E-state index contributed by atoms with van der Waals surface area (Å²) in [5, 5.41) is 7.02. The number of hydrogen-bond acceptors (Lipinski definition) is 3. The van der Waals surface area contributed by atoms with Crippen LogP contribution in [0, 0.1) is 10.5 Å². The maximum absolute atomic E-state index is 12.2. The van der Waals surface area contributed by atoms with Crippen LogP contribution in [-0.2, 0) is 4.79 Å². The van der Waals surface area contributed by atoms with Crippen LogP contribution in [-0.4, -0.2) is 15.7 Å². The highest BCUT2D eigenvalue weighted by molar-refractivity contribution is 14.1. The van der Waals surface area contributed by atoms with Crippen LogP contribution in [0.2, 0.25) is 0 Å². The second kappa shape index (κ2) is 5.60. The SMILES string of the molecule is Cc1ccc(N)cc1NC(=O)C(C)n1cc(I)cn1. The summed E-state index contributed by atoms with van der Waals surface area (Å²) in [6.45, 7) is 3.73. The first-order valence-electron chi connectivity index (χ1n) is 5.84. The molecule has 19 heavy (non-hydrogen) atoms. The van der Waals surface area contributed by atoms with Gasteiger partial charge in [0.2, 0.25) is 5.91 Å². The molecule has 1 aromatic carbocycles. The van der Waals surface area contributed by atoms with Crippen LogP contribution >= 0.6 is 22.6 Å². The van der Waals surface area contributed by atoms with Crippen LogP contribution in [0.5, 0.6) is 0 Å². The first-order chi connectivity index (χ1) is 8.97. The Morgan fingerprint density at radius 2 is 2.26 bits per heavy atom. The standard InChI is InChI=1S/C13H15IN4O/c1-8-3-4-11(15)5-12(8)17-13(19)9(2)18-7-10(14)6-16-18/h3-7,9H,15H2,1-2H3,(H,17,19). The number of nitrogens with two attached hydrogens (primary N) is 1. The van der Waals surface area contributed by atoms with Gasteiger partial charge in [0.1, 0.15) is 6.04 Å². The minimum atomic E-state index is -0.371. The molecule has 3 N–H and O–H groups in total. The van der Waals surface area contributed by atoms with Crippen LogP contribution in [0.3, 0.4) is 0 Å². The molecule has 0 radical (unpaired) electrons. The smallest absolute Gasteiger partial charge is 0.248 e. The molecule has 0 saturated carbocycles. The normalized spacial score (nSPS) is 12.2. The number of aromatic nitrogens is 2. The highest BCUT2D eigenvalue weighted by Crippen LogP contribution is 2.19. The van der Waals surface area contributed by atoms with E-state index in [4.69, 9.17) is 5.73 Å². The van der Waals surface area contributed by atoms with E-state index >= 15 is 0 Å². The van der Waals surface area contributed by atoms with E-state index in [0.717, 1.165) is 14.8 Å². The number of nitrogens with zero attached hydrogens (tertiary/aromatic N) is 2. The molecule has 0 bridgehead atoms. The van der Waals surface area contributed by atoms with Gasteiger partial charge in [-0.15, -0.1) is 0 Å². The Balaban J connectivity index is 2.14. The molecule has 6 heteroatoms. The van der Waals surface area contributed by atoms with Crippen molar-refractivity contribution in [2.75, 3.05) is 11.1 Å². The summed E-state index contributed by atoms with van der Waals surface area (Å²) >= 11 is 2.16. The van der Waals surface area contributed by atoms with Crippen molar-refractivity contribution in [3.05, 3.63) is 39.7 Å². The largest absolute Gasteiger partial charge is 0.399 e. The lowest BCUT2D eigenvalue weighted by molar-refractivity contribution is -0.119. The molecule has 1 aromatic heterocycles. The van der Waals surface area contributed by atoms with Crippen molar-refractivity contribution < 1.29 is 4.79 Å². The fourth-order valence-corrected chi connectivity index (χ4v) is 2.07. The molecule has 100 valence electrons. The van der Waals surface area contributed by atoms with Crippen LogP contribution in [0.1, 0.15) is 18.5 Å². The van der Waals surface area contributed by atoms with Gasteiger partial charge in [-0.25, -0.2) is 0 Å². The molecule has 2 rings (SSSR count). The van der Waals surface area contributed by atoms with Gasteiger partial charge in [0.25, 0.3) is 0 Å². The Hall–Kier alpha value is -1.57. The van der Waals surface area contributed by atoms with Crippen molar-refractivity contribution in [1.82, 2.24) is 9.78 Å². The molecule has 1 amide bonds. The predicted molar refractivity (Wildman–Crippen MR) is 83.9 cm³/mol. The molecule has 1 atom stereocenters. The Labute approximate surface area is 125 Å². The van der Waals surface area contributed by atoms with Crippen molar-refractivity contribution in [2.24, 2.45) is 0 Å². The van der Waals surface area contributed by atoms with Gasteiger partial charge in [-0.1, -0.05) is 6.07 Å². The van der Waals surface area contributed by atoms with E-state index in [0.29, 0.717) is 5.69 Å². The van der Waals surface area contributed by atoms with E-state index in [9.17, 15) is 4.79 Å². The van der Waals surface area contributed by atoms with E-state index in [2.05, 4.69) is 33.0 Å². The number of carbonyl (C=O) groups excluding carboxylic acids is 1. The summed E-state index contributed by atoms with van der Waals surface area (Å²) in [7, 11) is 0. The number of halogens is 1. The number of aryl methyl sites for hydroxylation is 1. The highest BCUT2D eigenvalue weighted by atomic mass is 127. The Kier molecular flexibility index (Phi) is 4.08. The lowest BCUT2D eigenvalue weighted by atomic mass is 10.1. The molecular formula is C13H15IN4O. The molecule has 0 aliphatic carbocycles. The van der Waals surface area contributed by atoms with Crippen molar-refractivity contribution in [2.45, 2.75) is 19.9 Å². The fourth-order valence-electron chi connectivity index (χ4n) is 1.66. The number of nitrogen functional groups attached to an aromatic ring is 1. The Bertz CT molecular complexity index is 608. The predicted octanol–water partition coefficient (Wildman–Crippen LogP) is 2.58. The third-order valence-electron chi connectivity index (χ3n) is 2.87. The maximum atomic E-state index is 12.2. The fraction of sp³-hybridized carbons (Fsp3) is 0.231. The molecule has 1 heterocycles. The number of carbonyl (C=O) groups is 1. The summed E-state index contributed by atoms with van der Waals surface area (Å²) in [4.78, 5) is 12.2. The van der Waals surface area contributed by atoms with E-state index in [1.54, 1.807) is 23.9 Å². The van der Waals surface area contributed by atoms with Gasteiger partial charge < -0.3 is 11.1 Å². The van der Waals surface area contributed by atoms with Crippen molar-refractivity contribution in [3.63, 3.8) is 0 Å². The summed E-state index contributed by atoms with van der Waals surface area (Å²) in [6, 6.07) is 5.08. The number of rotatable bonds is 3. The molecule has 0 aliphatic heterocycles. The number of nitrogens with one attached hydrogen (secondary N) is 1. The van der Waals surface area contributed by atoms with E-state index in [1.807, 2.05) is 25.3 Å². The third-order valence-corrected chi connectivity index (χ3v) is 3.42. The molecule has 1 unspecified atom stereocenters. The Morgan fingerprint density at radius 3 is 2.89 bits per heavy atom. The minimum absolute atomic E-state index is 0.117. The van der Waals surface area contributed by atoms with Gasteiger partial charge in [-0.05, 0) is 54.1 Å². The van der Waals surface area contributed by atoms with Gasteiger partial charge in [-0.2, -0.15) is 5.10 Å². The van der Waals surface area contributed by atoms with Gasteiger partial charge in [0.15, 0.2) is 0 Å². The lowest BCUT2D eigenvalue weighted by Crippen LogP contribution is -2.24. The van der Waals surface area contributed by atoms with Crippen molar-refractivity contribution >= 4 is 39.9 Å². The van der Waals surface area contributed by atoms with Gasteiger partial charge in [-0.3, -0.25) is 9.48 Å². The summed E-state index contributed by atoms with van der Waals surface area (Å²) in [5.74, 6) is -0.117. The van der Waals surface area contributed by atoms with Crippen molar-refractivity contribution in [1.29, 1.82) is 0 Å². The average molecular weight is 370 g/mol. The molecule has 0 spiro atoms. The second-order valence-electron chi connectivity index (χ2n) is 4.38. The van der Waals surface area contributed by atoms with Crippen LogP contribution in [0.25, 0.3) is 0 Å². The zero-order valence-corrected chi connectivity index (χ0v) is 12.9. The van der Waals surface area contributed by atoms with Crippen LogP contribution in [0.15, 0.2) is 30.6 Å². The molecule has 2 aromatic rings. The lowest BCUT2D eigenvalue weighted by Gasteiger charge is -2.14. The quantitative estimate of drug-likeness (QED) is 0.644. The van der Waals surface area contributed by atoms with Crippen molar-refractivity contribution in [3.8, 4) is 0 Å². The number of hydrogen-bond donors (Lipinski definition) is 2. The van der Waals surface area contributed by atoms with Crippen LogP contribution < -0.4 is 11.1 Å². The maximum Gasteiger partial charge on any atom is 0.248 e. The van der Waals surface area contributed by atoms with Gasteiger partial charge in [0, 0.05) is 17.6 Å². The zero-order valence-electron chi connectivity index (χ0n) is 10.7. The first-order valence-corrected chi connectivity index (χ1v) is 6.92. The number of benzene rings is 1. The molecule has 0 saturated heterocycles. The topological polar surface area (TPSA) is 72.9 Å².